The number of sulfonamides is 1. The molecule has 0 bridgehead atoms. The minimum Gasteiger partial charge on any atom is -0.466 e. The smallest absolute Gasteiger partial charge is 0.307 e. The van der Waals surface area contributed by atoms with Gasteiger partial charge in [-0.2, -0.15) is 0 Å². The molecule has 9 heteroatoms. The van der Waals surface area contributed by atoms with Crippen LogP contribution in [0.5, 0.6) is 0 Å². The van der Waals surface area contributed by atoms with Gasteiger partial charge in [0.25, 0.3) is 0 Å². The lowest BCUT2D eigenvalue weighted by molar-refractivity contribution is -0.142. The Morgan fingerprint density at radius 2 is 2.00 bits per heavy atom. The van der Waals surface area contributed by atoms with E-state index < -0.39 is 21.9 Å². The second kappa shape index (κ2) is 7.04. The molecule has 0 unspecified atom stereocenters. The molecule has 0 saturated heterocycles. The molecule has 1 aromatic rings. The molecule has 0 heterocycles. The SMILES string of the molecule is CCOC(=O)CCNS(=O)(=O)c1ccc(C(N)=O)cc1N. The quantitative estimate of drug-likeness (QED) is 0.461. The van der Waals surface area contributed by atoms with Crippen molar-refractivity contribution in [2.45, 2.75) is 18.2 Å². The van der Waals surface area contributed by atoms with Crippen molar-refractivity contribution >= 4 is 27.6 Å². The van der Waals surface area contributed by atoms with Crippen molar-refractivity contribution in [3.05, 3.63) is 23.8 Å². The van der Waals surface area contributed by atoms with Crippen molar-refractivity contribution < 1.29 is 22.7 Å². The minimum absolute atomic E-state index is 0.0909. The summed E-state index contributed by atoms with van der Waals surface area (Å²) in [6.07, 6.45) is -0.0909. The summed E-state index contributed by atoms with van der Waals surface area (Å²) in [7, 11) is -3.88. The fraction of sp³-hybridized carbons (Fsp3) is 0.333. The normalized spacial score (nSPS) is 11.1. The van der Waals surface area contributed by atoms with Crippen LogP contribution in [0, 0.1) is 0 Å². The van der Waals surface area contributed by atoms with E-state index in [2.05, 4.69) is 9.46 Å². The number of carbonyl (C=O) groups excluding carboxylic acids is 2. The number of nitrogen functional groups attached to an aromatic ring is 1. The lowest BCUT2D eigenvalue weighted by Crippen LogP contribution is -2.27. The Bertz CT molecular complexity index is 642. The molecule has 0 atom stereocenters. The summed E-state index contributed by atoms with van der Waals surface area (Å²) in [6, 6.07) is 3.63. The molecule has 116 valence electrons. The molecule has 0 aliphatic heterocycles. The van der Waals surface area contributed by atoms with E-state index in [9.17, 15) is 18.0 Å². The number of rotatable bonds is 7. The lowest BCUT2D eigenvalue weighted by Gasteiger charge is -2.09. The Morgan fingerprint density at radius 1 is 1.33 bits per heavy atom. The van der Waals surface area contributed by atoms with Gasteiger partial charge in [0.15, 0.2) is 0 Å². The monoisotopic (exact) mass is 315 g/mol. The maximum Gasteiger partial charge on any atom is 0.307 e. The molecule has 0 saturated carbocycles. The zero-order valence-electron chi connectivity index (χ0n) is 11.5. The first-order chi connectivity index (χ1) is 9.77. The number of amides is 1. The molecule has 0 spiro atoms. The summed E-state index contributed by atoms with van der Waals surface area (Å²) in [5, 5.41) is 0. The highest BCUT2D eigenvalue weighted by Gasteiger charge is 2.18. The van der Waals surface area contributed by atoms with Gasteiger partial charge in [0.05, 0.1) is 18.7 Å². The van der Waals surface area contributed by atoms with E-state index in [4.69, 9.17) is 11.5 Å². The van der Waals surface area contributed by atoms with Crippen LogP contribution in [0.25, 0.3) is 0 Å². The molecule has 5 N–H and O–H groups in total. The van der Waals surface area contributed by atoms with Crippen LogP contribution in [0.4, 0.5) is 5.69 Å². The number of anilines is 1. The van der Waals surface area contributed by atoms with E-state index in [1.165, 1.54) is 18.2 Å². The van der Waals surface area contributed by atoms with Gasteiger partial charge >= 0.3 is 5.97 Å². The van der Waals surface area contributed by atoms with Crippen molar-refractivity contribution in [1.29, 1.82) is 0 Å². The Morgan fingerprint density at radius 3 is 2.52 bits per heavy atom. The molecule has 0 aliphatic rings. The predicted molar refractivity (Wildman–Crippen MR) is 75.8 cm³/mol. The van der Waals surface area contributed by atoms with Crippen molar-refractivity contribution in [3.63, 3.8) is 0 Å². The van der Waals surface area contributed by atoms with Gasteiger partial charge in [-0.15, -0.1) is 0 Å². The second-order valence-electron chi connectivity index (χ2n) is 4.07. The van der Waals surface area contributed by atoms with Crippen LogP contribution in [-0.4, -0.2) is 33.4 Å². The molecule has 21 heavy (non-hydrogen) atoms. The number of nitrogens with one attached hydrogen (secondary N) is 1. The first-order valence-electron chi connectivity index (χ1n) is 6.12. The average Bonchev–Trinajstić information content (AvgIpc) is 2.38. The molecular weight excluding hydrogens is 298 g/mol. The molecule has 0 aliphatic carbocycles. The molecule has 1 rings (SSSR count). The summed E-state index contributed by atoms with van der Waals surface area (Å²) in [4.78, 5) is 21.9. The van der Waals surface area contributed by atoms with Gasteiger partial charge in [-0.3, -0.25) is 9.59 Å². The lowest BCUT2D eigenvalue weighted by atomic mass is 10.2. The fourth-order valence-corrected chi connectivity index (χ4v) is 2.69. The number of carbonyl (C=O) groups is 2. The minimum atomic E-state index is -3.88. The predicted octanol–water partition coefficient (Wildman–Crippen LogP) is -0.401. The third-order valence-corrected chi connectivity index (χ3v) is 4.05. The summed E-state index contributed by atoms with van der Waals surface area (Å²) in [6.45, 7) is 1.77. The number of hydrogen-bond acceptors (Lipinski definition) is 6. The number of esters is 1. The maximum absolute atomic E-state index is 12.0. The Hall–Kier alpha value is -2.13. The van der Waals surface area contributed by atoms with E-state index in [0.717, 1.165) is 0 Å². The van der Waals surface area contributed by atoms with Gasteiger partial charge in [0.2, 0.25) is 15.9 Å². The summed E-state index contributed by atoms with van der Waals surface area (Å²) >= 11 is 0. The van der Waals surface area contributed by atoms with Crippen LogP contribution in [0.15, 0.2) is 23.1 Å². The molecule has 0 fully saturated rings. The number of benzene rings is 1. The van der Waals surface area contributed by atoms with Gasteiger partial charge < -0.3 is 16.2 Å². The largest absolute Gasteiger partial charge is 0.466 e. The fourth-order valence-electron chi connectivity index (χ4n) is 1.54. The first kappa shape index (κ1) is 16.9. The van der Waals surface area contributed by atoms with Crippen molar-refractivity contribution in [1.82, 2.24) is 4.72 Å². The van der Waals surface area contributed by atoms with Crippen molar-refractivity contribution in [2.75, 3.05) is 18.9 Å². The standard InChI is InChI=1S/C12H17N3O5S/c1-2-20-11(16)5-6-15-21(18,19)10-4-3-8(12(14)17)7-9(10)13/h3-4,7,15H,2,5-6,13H2,1H3,(H2,14,17). The van der Waals surface area contributed by atoms with Gasteiger partial charge in [-0.1, -0.05) is 0 Å². The van der Waals surface area contributed by atoms with E-state index in [0.29, 0.717) is 0 Å². The number of hydrogen-bond donors (Lipinski definition) is 3. The number of ether oxygens (including phenoxy) is 1. The topological polar surface area (TPSA) is 142 Å². The number of nitrogens with two attached hydrogens (primary N) is 2. The zero-order chi connectivity index (χ0) is 16.0. The van der Waals surface area contributed by atoms with Crippen LogP contribution in [0.1, 0.15) is 23.7 Å². The van der Waals surface area contributed by atoms with Crippen molar-refractivity contribution in [2.24, 2.45) is 5.73 Å². The average molecular weight is 315 g/mol. The van der Waals surface area contributed by atoms with Crippen LogP contribution < -0.4 is 16.2 Å². The van der Waals surface area contributed by atoms with Crippen LogP contribution in [0.2, 0.25) is 0 Å². The van der Waals surface area contributed by atoms with E-state index in [1.807, 2.05) is 0 Å². The van der Waals surface area contributed by atoms with Crippen LogP contribution in [0.3, 0.4) is 0 Å². The Kier molecular flexibility index (Phi) is 5.68. The molecule has 8 nitrogen and oxygen atoms in total. The third kappa shape index (κ3) is 4.72. The Labute approximate surface area is 122 Å². The molecule has 1 amide bonds. The van der Waals surface area contributed by atoms with Crippen LogP contribution in [-0.2, 0) is 19.6 Å². The van der Waals surface area contributed by atoms with Crippen molar-refractivity contribution in [3.8, 4) is 0 Å². The number of primary amides is 1. The Balaban J connectivity index is 2.79. The highest BCUT2D eigenvalue weighted by atomic mass is 32.2. The van der Waals surface area contributed by atoms with Gasteiger partial charge in [0.1, 0.15) is 4.90 Å². The van der Waals surface area contributed by atoms with Gasteiger partial charge in [-0.25, -0.2) is 13.1 Å². The van der Waals surface area contributed by atoms with E-state index in [1.54, 1.807) is 6.92 Å². The first-order valence-corrected chi connectivity index (χ1v) is 7.61. The van der Waals surface area contributed by atoms with Gasteiger partial charge in [-0.05, 0) is 25.1 Å². The van der Waals surface area contributed by atoms with Gasteiger partial charge in [0, 0.05) is 12.1 Å². The summed E-state index contributed by atoms with van der Waals surface area (Å²) in [5.41, 5.74) is 10.7. The zero-order valence-corrected chi connectivity index (χ0v) is 12.3. The molecular formula is C12H17N3O5S. The highest BCUT2D eigenvalue weighted by molar-refractivity contribution is 7.89. The highest BCUT2D eigenvalue weighted by Crippen LogP contribution is 2.19. The molecule has 0 aromatic heterocycles. The van der Waals surface area contributed by atoms with Crippen LogP contribution >= 0.6 is 0 Å². The van der Waals surface area contributed by atoms with E-state index >= 15 is 0 Å². The molecule has 0 radical (unpaired) electrons. The second-order valence-corrected chi connectivity index (χ2v) is 5.81. The maximum atomic E-state index is 12.0. The summed E-state index contributed by atoms with van der Waals surface area (Å²) < 4.78 is 30.9. The third-order valence-electron chi connectivity index (χ3n) is 2.51. The van der Waals surface area contributed by atoms with E-state index in [-0.39, 0.29) is 35.7 Å². The molecule has 1 aromatic carbocycles. The summed E-state index contributed by atoms with van der Waals surface area (Å²) in [5.74, 6) is -1.21.